The Balaban J connectivity index is 3.34. The van der Waals surface area contributed by atoms with Gasteiger partial charge in [-0.1, -0.05) is 11.6 Å². The van der Waals surface area contributed by atoms with Gasteiger partial charge in [-0.05, 0) is 19.1 Å². The maximum absolute atomic E-state index is 11.6. The van der Waals surface area contributed by atoms with E-state index in [0.717, 1.165) is 12.1 Å². The fourth-order valence-electron chi connectivity index (χ4n) is 1.51. The summed E-state index contributed by atoms with van der Waals surface area (Å²) in [7, 11) is 0. The lowest BCUT2D eigenvalue weighted by Gasteiger charge is -2.11. The Morgan fingerprint density at radius 3 is 2.63 bits per heavy atom. The Morgan fingerprint density at radius 2 is 2.16 bits per heavy atom. The number of esters is 1. The molecule has 0 radical (unpaired) electrons. The maximum Gasteiger partial charge on any atom is 0.325 e. The number of benzene rings is 1. The fourth-order valence-corrected chi connectivity index (χ4v) is 1.67. The summed E-state index contributed by atoms with van der Waals surface area (Å²) in [5, 5.41) is 20.0. The molecule has 1 atom stereocenters. The summed E-state index contributed by atoms with van der Waals surface area (Å²) in [4.78, 5) is 32.8. The minimum atomic E-state index is -1.75. The van der Waals surface area contributed by atoms with E-state index in [2.05, 4.69) is 4.74 Å². The minimum Gasteiger partial charge on any atom is -0.480 e. The second kappa shape index (κ2) is 6.14. The third-order valence-electron chi connectivity index (χ3n) is 2.27. The van der Waals surface area contributed by atoms with E-state index in [1.54, 1.807) is 0 Å². The molecule has 1 N–H and O–H groups in total. The number of carbonyl (C=O) groups is 2. The standard InChI is InChI=1S/C11H10ClNO6/c1-2-19-11(16)9(10(14)15)7-4-3-6(12)5-8(7)13(17)18/h3-5,9H,2H2,1H3,(H,14,15). The first kappa shape index (κ1) is 14.9. The Hall–Kier alpha value is -2.15. The molecule has 0 spiro atoms. The van der Waals surface area contributed by atoms with Gasteiger partial charge in [-0.25, -0.2) is 0 Å². The second-order valence-electron chi connectivity index (χ2n) is 3.48. The normalized spacial score (nSPS) is 11.7. The first-order chi connectivity index (χ1) is 8.88. The molecule has 0 aliphatic heterocycles. The van der Waals surface area contributed by atoms with Gasteiger partial charge in [0.2, 0.25) is 0 Å². The van der Waals surface area contributed by atoms with Crippen molar-refractivity contribution in [3.8, 4) is 0 Å². The lowest BCUT2D eigenvalue weighted by atomic mass is 9.97. The third-order valence-corrected chi connectivity index (χ3v) is 2.50. The number of nitro benzene ring substituents is 1. The zero-order chi connectivity index (χ0) is 14.6. The van der Waals surface area contributed by atoms with Gasteiger partial charge in [-0.2, -0.15) is 0 Å². The first-order valence-electron chi connectivity index (χ1n) is 5.21. The summed E-state index contributed by atoms with van der Waals surface area (Å²) in [6, 6.07) is 3.40. The molecule has 0 bridgehead atoms. The maximum atomic E-state index is 11.6. The topological polar surface area (TPSA) is 107 Å². The molecule has 1 rings (SSSR count). The lowest BCUT2D eigenvalue weighted by molar-refractivity contribution is -0.385. The van der Waals surface area contributed by atoms with Crippen molar-refractivity contribution >= 4 is 29.2 Å². The van der Waals surface area contributed by atoms with Gasteiger partial charge < -0.3 is 9.84 Å². The number of ether oxygens (including phenoxy) is 1. The van der Waals surface area contributed by atoms with Crippen molar-refractivity contribution in [1.82, 2.24) is 0 Å². The first-order valence-corrected chi connectivity index (χ1v) is 5.59. The number of hydrogen-bond acceptors (Lipinski definition) is 5. The Morgan fingerprint density at radius 1 is 1.53 bits per heavy atom. The van der Waals surface area contributed by atoms with E-state index in [-0.39, 0.29) is 17.2 Å². The highest BCUT2D eigenvalue weighted by molar-refractivity contribution is 6.30. The largest absolute Gasteiger partial charge is 0.480 e. The van der Waals surface area contributed by atoms with Crippen LogP contribution in [0, 0.1) is 10.1 Å². The quantitative estimate of drug-likeness (QED) is 0.384. The van der Waals surface area contributed by atoms with Crippen LogP contribution in [0.5, 0.6) is 0 Å². The van der Waals surface area contributed by atoms with Crippen molar-refractivity contribution < 1.29 is 24.4 Å². The van der Waals surface area contributed by atoms with Crippen molar-refractivity contribution in [3.63, 3.8) is 0 Å². The van der Waals surface area contributed by atoms with Crippen LogP contribution in [0.2, 0.25) is 5.02 Å². The number of halogens is 1. The van der Waals surface area contributed by atoms with E-state index >= 15 is 0 Å². The molecule has 0 aliphatic carbocycles. The van der Waals surface area contributed by atoms with E-state index in [0.29, 0.717) is 0 Å². The molecule has 0 aromatic heterocycles. The number of carbonyl (C=O) groups excluding carboxylic acids is 1. The molecule has 0 fully saturated rings. The molecule has 19 heavy (non-hydrogen) atoms. The second-order valence-corrected chi connectivity index (χ2v) is 3.92. The van der Waals surface area contributed by atoms with Crippen molar-refractivity contribution in [1.29, 1.82) is 0 Å². The van der Waals surface area contributed by atoms with Crippen LogP contribution in [-0.4, -0.2) is 28.6 Å². The van der Waals surface area contributed by atoms with Gasteiger partial charge in [0.1, 0.15) is 0 Å². The number of nitrogens with zero attached hydrogens (tertiary/aromatic N) is 1. The lowest BCUT2D eigenvalue weighted by Crippen LogP contribution is -2.24. The summed E-state index contributed by atoms with van der Waals surface area (Å²) in [6.45, 7) is 1.48. The van der Waals surface area contributed by atoms with Crippen molar-refractivity contribution in [3.05, 3.63) is 38.9 Å². The average Bonchev–Trinajstić information content (AvgIpc) is 2.31. The number of carboxylic acid groups (broad SMARTS) is 1. The van der Waals surface area contributed by atoms with Gasteiger partial charge in [0.05, 0.1) is 17.1 Å². The van der Waals surface area contributed by atoms with E-state index in [1.807, 2.05) is 0 Å². The average molecular weight is 288 g/mol. The number of hydrogen-bond donors (Lipinski definition) is 1. The highest BCUT2D eigenvalue weighted by Gasteiger charge is 2.35. The summed E-state index contributed by atoms with van der Waals surface area (Å²) in [6.07, 6.45) is 0. The smallest absolute Gasteiger partial charge is 0.325 e. The van der Waals surface area contributed by atoms with Gasteiger partial charge in [0.15, 0.2) is 5.92 Å². The Labute approximate surface area is 112 Å². The number of aliphatic carboxylic acids is 1. The van der Waals surface area contributed by atoms with E-state index in [1.165, 1.54) is 13.0 Å². The number of nitro groups is 1. The minimum absolute atomic E-state index is 0.0238. The molecule has 7 nitrogen and oxygen atoms in total. The summed E-state index contributed by atoms with van der Waals surface area (Å²) in [5.41, 5.74) is -0.798. The Bertz CT molecular complexity index is 530. The molecule has 8 heteroatoms. The number of rotatable bonds is 5. The van der Waals surface area contributed by atoms with Crippen LogP contribution in [0.3, 0.4) is 0 Å². The molecule has 0 heterocycles. The van der Waals surface area contributed by atoms with Gasteiger partial charge in [0, 0.05) is 11.1 Å². The Kier molecular flexibility index (Phi) is 4.82. The molecule has 1 unspecified atom stereocenters. The molecular weight excluding hydrogens is 278 g/mol. The van der Waals surface area contributed by atoms with Gasteiger partial charge >= 0.3 is 11.9 Å². The summed E-state index contributed by atoms with van der Waals surface area (Å²) in [5.74, 6) is -4.33. The molecule has 1 aromatic rings. The van der Waals surface area contributed by atoms with Crippen LogP contribution in [0.15, 0.2) is 18.2 Å². The zero-order valence-corrected chi connectivity index (χ0v) is 10.6. The van der Waals surface area contributed by atoms with Crippen molar-refractivity contribution in [2.24, 2.45) is 0 Å². The van der Waals surface area contributed by atoms with Gasteiger partial charge in [-0.15, -0.1) is 0 Å². The SMILES string of the molecule is CCOC(=O)C(C(=O)O)c1ccc(Cl)cc1[N+](=O)[O-]. The molecule has 0 aliphatic rings. The summed E-state index contributed by atoms with van der Waals surface area (Å²) >= 11 is 5.62. The monoisotopic (exact) mass is 287 g/mol. The van der Waals surface area contributed by atoms with Crippen LogP contribution in [0.25, 0.3) is 0 Å². The van der Waals surface area contributed by atoms with Crippen molar-refractivity contribution in [2.45, 2.75) is 12.8 Å². The molecule has 0 saturated heterocycles. The molecule has 0 saturated carbocycles. The highest BCUT2D eigenvalue weighted by Crippen LogP contribution is 2.30. The molecule has 1 aromatic carbocycles. The van der Waals surface area contributed by atoms with E-state index in [9.17, 15) is 19.7 Å². The van der Waals surface area contributed by atoms with Crippen molar-refractivity contribution in [2.75, 3.05) is 6.61 Å². The van der Waals surface area contributed by atoms with Crippen LogP contribution in [0.4, 0.5) is 5.69 Å². The van der Waals surface area contributed by atoms with E-state index in [4.69, 9.17) is 16.7 Å². The zero-order valence-electron chi connectivity index (χ0n) is 9.83. The third kappa shape index (κ3) is 3.41. The highest BCUT2D eigenvalue weighted by atomic mass is 35.5. The predicted octanol–water partition coefficient (Wildman–Crippen LogP) is 1.98. The number of carboxylic acids is 1. The molecule has 102 valence electrons. The molecular formula is C11H10ClNO6. The summed E-state index contributed by atoms with van der Waals surface area (Å²) < 4.78 is 4.61. The van der Waals surface area contributed by atoms with Crippen LogP contribution >= 0.6 is 11.6 Å². The molecule has 0 amide bonds. The van der Waals surface area contributed by atoms with Crippen LogP contribution < -0.4 is 0 Å². The van der Waals surface area contributed by atoms with Gasteiger partial charge in [-0.3, -0.25) is 19.7 Å². The van der Waals surface area contributed by atoms with Gasteiger partial charge in [0.25, 0.3) is 5.69 Å². The predicted molar refractivity (Wildman–Crippen MR) is 65.1 cm³/mol. The van der Waals surface area contributed by atoms with Crippen LogP contribution in [0.1, 0.15) is 18.4 Å². The van der Waals surface area contributed by atoms with Crippen LogP contribution in [-0.2, 0) is 14.3 Å². The van der Waals surface area contributed by atoms with E-state index < -0.39 is 28.5 Å². The fraction of sp³-hybridized carbons (Fsp3) is 0.273.